The first-order valence-corrected chi connectivity index (χ1v) is 12.2. The number of aryl methyl sites for hydroxylation is 2. The summed E-state index contributed by atoms with van der Waals surface area (Å²) >= 11 is 0. The van der Waals surface area contributed by atoms with Gasteiger partial charge in [-0.3, -0.25) is 9.59 Å². The Bertz CT molecular complexity index is 1560. The minimum absolute atomic E-state index is 0.141. The monoisotopic (exact) mass is 485 g/mol. The number of hydrogen-bond acceptors (Lipinski definition) is 4. The van der Waals surface area contributed by atoms with E-state index in [9.17, 15) is 14.0 Å². The highest BCUT2D eigenvalue weighted by molar-refractivity contribution is 5.97. The van der Waals surface area contributed by atoms with Gasteiger partial charge in [0.05, 0.1) is 17.4 Å². The molecule has 8 heteroatoms. The minimum Gasteiger partial charge on any atom is -0.338 e. The van der Waals surface area contributed by atoms with Crippen molar-refractivity contribution in [2.75, 3.05) is 20.1 Å². The number of likely N-dealkylation sites (tertiary alicyclic amines) is 1. The summed E-state index contributed by atoms with van der Waals surface area (Å²) in [4.78, 5) is 32.1. The van der Waals surface area contributed by atoms with Crippen molar-refractivity contribution in [1.29, 1.82) is 0 Å². The average molecular weight is 486 g/mol. The van der Waals surface area contributed by atoms with Gasteiger partial charge >= 0.3 is 0 Å². The van der Waals surface area contributed by atoms with Crippen molar-refractivity contribution in [3.05, 3.63) is 92.8 Å². The first-order chi connectivity index (χ1) is 17.2. The summed E-state index contributed by atoms with van der Waals surface area (Å²) in [7, 11) is 1.97. The molecule has 1 aliphatic carbocycles. The van der Waals surface area contributed by atoms with Gasteiger partial charge in [0.25, 0.3) is 11.5 Å². The fraction of sp³-hybridized carbons (Fsp3) is 0.321. The van der Waals surface area contributed by atoms with Gasteiger partial charge in [0.2, 0.25) is 0 Å². The molecule has 184 valence electrons. The third-order valence-corrected chi connectivity index (χ3v) is 7.51. The summed E-state index contributed by atoms with van der Waals surface area (Å²) in [6.45, 7) is 5.29. The average Bonchev–Trinajstić information content (AvgIpc) is 3.59. The van der Waals surface area contributed by atoms with Gasteiger partial charge in [0.15, 0.2) is 5.69 Å². The van der Waals surface area contributed by atoms with Gasteiger partial charge in [-0.25, -0.2) is 8.91 Å². The van der Waals surface area contributed by atoms with E-state index in [2.05, 4.69) is 20.3 Å². The number of H-pyrrole nitrogens is 1. The number of benzene rings is 2. The SMILES string of the molecule is Cc1ccc(-c2cn3nc(C(=O)NC4(c5ccc(F)cc5)CN(C)C4)c(C4CC4)c3c(=O)[nH]2)cc1C. The van der Waals surface area contributed by atoms with Crippen LogP contribution in [-0.4, -0.2) is 45.5 Å². The van der Waals surface area contributed by atoms with Crippen molar-refractivity contribution < 1.29 is 9.18 Å². The van der Waals surface area contributed by atoms with E-state index in [0.29, 0.717) is 29.9 Å². The second-order valence-corrected chi connectivity index (χ2v) is 10.3. The maximum absolute atomic E-state index is 13.7. The molecule has 3 heterocycles. The van der Waals surface area contributed by atoms with Gasteiger partial charge in [0, 0.05) is 18.7 Å². The lowest BCUT2D eigenvalue weighted by Gasteiger charge is -2.49. The van der Waals surface area contributed by atoms with Gasteiger partial charge in [0.1, 0.15) is 11.3 Å². The predicted molar refractivity (Wildman–Crippen MR) is 136 cm³/mol. The number of likely N-dealkylation sites (N-methyl/N-ethyl adjacent to an activating group) is 1. The second-order valence-electron chi connectivity index (χ2n) is 10.3. The van der Waals surface area contributed by atoms with E-state index in [1.807, 2.05) is 39.1 Å². The molecule has 0 unspecified atom stereocenters. The molecule has 1 saturated carbocycles. The molecule has 36 heavy (non-hydrogen) atoms. The minimum atomic E-state index is -0.632. The quantitative estimate of drug-likeness (QED) is 0.449. The molecule has 1 amide bonds. The largest absolute Gasteiger partial charge is 0.338 e. The van der Waals surface area contributed by atoms with Crippen LogP contribution in [-0.2, 0) is 5.54 Å². The molecule has 2 aromatic heterocycles. The third kappa shape index (κ3) is 3.73. The van der Waals surface area contributed by atoms with E-state index in [1.165, 1.54) is 17.7 Å². The predicted octanol–water partition coefficient (Wildman–Crippen LogP) is 3.89. The van der Waals surface area contributed by atoms with Crippen molar-refractivity contribution in [3.63, 3.8) is 0 Å². The number of fused-ring (bicyclic) bond motifs is 1. The molecule has 2 fully saturated rings. The molecule has 0 radical (unpaired) electrons. The van der Waals surface area contributed by atoms with E-state index in [0.717, 1.165) is 29.5 Å². The molecule has 0 atom stereocenters. The van der Waals surface area contributed by atoms with E-state index >= 15 is 0 Å². The number of nitrogens with one attached hydrogen (secondary N) is 2. The zero-order valence-corrected chi connectivity index (χ0v) is 20.6. The zero-order chi connectivity index (χ0) is 25.2. The van der Waals surface area contributed by atoms with Crippen LogP contribution in [0, 0.1) is 19.7 Å². The van der Waals surface area contributed by atoms with Crippen LogP contribution >= 0.6 is 0 Å². The van der Waals surface area contributed by atoms with Crippen molar-refractivity contribution in [3.8, 4) is 11.3 Å². The van der Waals surface area contributed by atoms with Crippen molar-refractivity contribution in [1.82, 2.24) is 24.8 Å². The molecule has 7 nitrogen and oxygen atoms in total. The molecule has 2 aromatic carbocycles. The van der Waals surface area contributed by atoms with E-state index < -0.39 is 5.54 Å². The fourth-order valence-corrected chi connectivity index (χ4v) is 5.34. The molecule has 0 spiro atoms. The highest BCUT2D eigenvalue weighted by Crippen LogP contribution is 2.43. The summed E-state index contributed by atoms with van der Waals surface area (Å²) in [6, 6.07) is 12.3. The van der Waals surface area contributed by atoms with Crippen LogP contribution in [0.15, 0.2) is 53.5 Å². The molecule has 4 aromatic rings. The third-order valence-electron chi connectivity index (χ3n) is 7.51. The Labute approximate surface area is 208 Å². The number of aromatic amines is 1. The van der Waals surface area contributed by atoms with Gasteiger partial charge in [-0.1, -0.05) is 24.3 Å². The summed E-state index contributed by atoms with van der Waals surface area (Å²) < 4.78 is 15.1. The summed E-state index contributed by atoms with van der Waals surface area (Å²) in [5, 5.41) is 7.83. The Morgan fingerprint density at radius 2 is 1.83 bits per heavy atom. The maximum atomic E-state index is 13.7. The van der Waals surface area contributed by atoms with Crippen LogP contribution in [0.25, 0.3) is 16.8 Å². The molecule has 2 N–H and O–H groups in total. The Balaban J connectivity index is 1.42. The number of hydrogen-bond donors (Lipinski definition) is 2. The molecule has 6 rings (SSSR count). The van der Waals surface area contributed by atoms with Gasteiger partial charge in [-0.2, -0.15) is 5.10 Å². The fourth-order valence-electron chi connectivity index (χ4n) is 5.34. The molecular weight excluding hydrogens is 457 g/mol. The van der Waals surface area contributed by atoms with Crippen molar-refractivity contribution in [2.24, 2.45) is 0 Å². The van der Waals surface area contributed by atoms with Crippen LogP contribution in [0.1, 0.15) is 51.5 Å². The number of amides is 1. The molecule has 2 aliphatic rings. The summed E-state index contributed by atoms with van der Waals surface area (Å²) in [6.07, 6.45) is 3.63. The Kier molecular flexibility index (Phi) is 5.12. The van der Waals surface area contributed by atoms with Crippen LogP contribution in [0.4, 0.5) is 4.39 Å². The van der Waals surface area contributed by atoms with E-state index in [-0.39, 0.29) is 28.9 Å². The summed E-state index contributed by atoms with van der Waals surface area (Å²) in [5.41, 5.74) is 5.23. The second kappa shape index (κ2) is 8.13. The highest BCUT2D eigenvalue weighted by atomic mass is 19.1. The van der Waals surface area contributed by atoms with Gasteiger partial charge < -0.3 is 15.2 Å². The standard InChI is InChI=1S/C28H28FN5O2/c1-16-4-5-19(12-17(16)2)22-13-34-25(27(36)30-22)23(18-6-7-18)24(32-34)26(35)31-28(14-33(3)15-28)20-8-10-21(29)11-9-20/h4-5,8-13,18H,6-7,14-15H2,1-3H3,(H,30,36)(H,31,35). The number of carbonyl (C=O) groups is 1. The molecule has 1 saturated heterocycles. The first-order valence-electron chi connectivity index (χ1n) is 12.2. The first kappa shape index (κ1) is 22.7. The number of carbonyl (C=O) groups excluding carboxylic acids is 1. The number of halogens is 1. The zero-order valence-electron chi connectivity index (χ0n) is 20.6. The smallest absolute Gasteiger partial charge is 0.274 e. The Morgan fingerprint density at radius 1 is 1.11 bits per heavy atom. The van der Waals surface area contributed by atoms with E-state index in [1.54, 1.807) is 22.8 Å². The lowest BCUT2D eigenvalue weighted by Crippen LogP contribution is -2.66. The lowest BCUT2D eigenvalue weighted by atomic mass is 9.82. The topological polar surface area (TPSA) is 82.5 Å². The highest BCUT2D eigenvalue weighted by Gasteiger charge is 2.45. The summed E-state index contributed by atoms with van der Waals surface area (Å²) in [5.74, 6) is -0.490. The Hall–Kier alpha value is -3.78. The lowest BCUT2D eigenvalue weighted by molar-refractivity contribution is 0.0507. The van der Waals surface area contributed by atoms with Crippen molar-refractivity contribution in [2.45, 2.75) is 38.1 Å². The molecule has 1 aliphatic heterocycles. The van der Waals surface area contributed by atoms with Crippen LogP contribution in [0.5, 0.6) is 0 Å². The number of nitrogens with zero attached hydrogens (tertiary/aromatic N) is 3. The molecule has 0 bridgehead atoms. The van der Waals surface area contributed by atoms with E-state index in [4.69, 9.17) is 0 Å². The maximum Gasteiger partial charge on any atom is 0.274 e. The Morgan fingerprint density at radius 3 is 2.47 bits per heavy atom. The van der Waals surface area contributed by atoms with Crippen molar-refractivity contribution >= 4 is 11.4 Å². The van der Waals surface area contributed by atoms with Crippen LogP contribution in [0.2, 0.25) is 0 Å². The normalized spacial score (nSPS) is 17.2. The van der Waals surface area contributed by atoms with Crippen LogP contribution < -0.4 is 10.9 Å². The van der Waals surface area contributed by atoms with Gasteiger partial charge in [-0.15, -0.1) is 0 Å². The number of rotatable bonds is 5. The molecular formula is C28H28FN5O2. The number of aromatic nitrogens is 3. The van der Waals surface area contributed by atoms with Crippen LogP contribution in [0.3, 0.4) is 0 Å². The van der Waals surface area contributed by atoms with Gasteiger partial charge in [-0.05, 0) is 80.1 Å².